The summed E-state index contributed by atoms with van der Waals surface area (Å²) >= 11 is 0. The fourth-order valence-corrected chi connectivity index (χ4v) is 9.16. The van der Waals surface area contributed by atoms with E-state index in [9.17, 15) is 0 Å². The quantitative estimate of drug-likeness (QED) is 0.420. The van der Waals surface area contributed by atoms with E-state index in [0.717, 1.165) is 43.3 Å². The van der Waals surface area contributed by atoms with Crippen LogP contribution in [0, 0.1) is 34.5 Å². The van der Waals surface area contributed by atoms with Crippen LogP contribution in [0.4, 0.5) is 0 Å². The zero-order valence-corrected chi connectivity index (χ0v) is 18.6. The summed E-state index contributed by atoms with van der Waals surface area (Å²) in [5.74, 6) is 3.87. The van der Waals surface area contributed by atoms with Crippen molar-refractivity contribution in [2.24, 2.45) is 34.5 Å². The number of hydrogen-bond donors (Lipinski definition) is 0. The van der Waals surface area contributed by atoms with Crippen molar-refractivity contribution in [2.75, 3.05) is 13.2 Å². The topological polar surface area (TPSA) is 31.0 Å². The van der Waals surface area contributed by atoms with Crippen molar-refractivity contribution in [3.8, 4) is 0 Å². The molecule has 4 saturated carbocycles. The average molecular weight is 403 g/mol. The van der Waals surface area contributed by atoms with Crippen molar-refractivity contribution < 1.29 is 14.2 Å². The Morgan fingerprint density at radius 1 is 0.862 bits per heavy atom. The second-order valence-corrected chi connectivity index (χ2v) is 11.9. The van der Waals surface area contributed by atoms with Gasteiger partial charge in [0.25, 0.3) is 0 Å². The van der Waals surface area contributed by atoms with Crippen LogP contribution < -0.4 is 0 Å². The minimum atomic E-state index is 0.0906. The van der Waals surface area contributed by atoms with Gasteiger partial charge >= 0.3 is 0 Å². The summed E-state index contributed by atoms with van der Waals surface area (Å²) in [5, 5.41) is 0. The van der Waals surface area contributed by atoms with E-state index in [4.69, 9.17) is 14.2 Å². The van der Waals surface area contributed by atoms with Crippen LogP contribution in [-0.2, 0) is 14.2 Å². The molecule has 6 aliphatic rings. The fourth-order valence-electron chi connectivity index (χ4n) is 9.16. The molecule has 0 radical (unpaired) electrons. The largest absolute Gasteiger partial charge is 0.373 e. The van der Waals surface area contributed by atoms with E-state index in [-0.39, 0.29) is 6.29 Å². The molecule has 164 valence electrons. The van der Waals surface area contributed by atoms with Gasteiger partial charge in [-0.15, -0.1) is 0 Å². The Labute approximate surface area is 177 Å². The van der Waals surface area contributed by atoms with E-state index in [1.807, 2.05) is 0 Å². The van der Waals surface area contributed by atoms with Crippen LogP contribution in [0.1, 0.15) is 96.8 Å². The van der Waals surface area contributed by atoms with Crippen molar-refractivity contribution >= 4 is 0 Å². The summed E-state index contributed by atoms with van der Waals surface area (Å²) < 4.78 is 18.1. The average Bonchev–Trinajstić information content (AvgIpc) is 3.44. The zero-order valence-electron chi connectivity index (χ0n) is 18.6. The lowest BCUT2D eigenvalue weighted by Crippen LogP contribution is -2.54. The van der Waals surface area contributed by atoms with E-state index < -0.39 is 0 Å². The molecule has 2 heterocycles. The first-order valence-electron chi connectivity index (χ1n) is 13.0. The second-order valence-electron chi connectivity index (χ2n) is 11.9. The molecule has 0 bridgehead atoms. The summed E-state index contributed by atoms with van der Waals surface area (Å²) in [6.07, 6.45) is 20.5. The Morgan fingerprint density at radius 3 is 2.62 bits per heavy atom. The van der Waals surface area contributed by atoms with E-state index in [0.29, 0.717) is 23.0 Å². The zero-order chi connectivity index (χ0) is 19.5. The maximum Gasteiger partial charge on any atom is 0.157 e. The van der Waals surface area contributed by atoms with Crippen LogP contribution in [0.15, 0.2) is 0 Å². The highest BCUT2D eigenvalue weighted by molar-refractivity contribution is 5.09. The van der Waals surface area contributed by atoms with Crippen LogP contribution in [0.2, 0.25) is 0 Å². The Bertz CT molecular complexity index is 597. The Balaban J connectivity index is 1.14. The highest BCUT2D eigenvalue weighted by Gasteiger charge is 2.60. The normalized spacial score (nSPS) is 54.3. The number of epoxide rings is 1. The summed E-state index contributed by atoms with van der Waals surface area (Å²) in [6, 6.07) is 0. The van der Waals surface area contributed by atoms with Crippen LogP contribution in [-0.4, -0.2) is 31.7 Å². The van der Waals surface area contributed by atoms with Gasteiger partial charge in [0.1, 0.15) is 0 Å². The standard InChI is InChI=1S/C26H42O3/c1-25-12-9-19(29-24-6-2-3-14-27-24)15-18(25)7-8-21-22(25)10-13-26(16-20-17-28-20)11-4-5-23(21)26/h18-24H,2-17H2,1H3/t18-,19+,20+,21+,22-,23-,24?,25-,26-/m0/s1. The van der Waals surface area contributed by atoms with Gasteiger partial charge in [-0.05, 0) is 118 Å². The summed E-state index contributed by atoms with van der Waals surface area (Å²) in [5.41, 5.74) is 1.23. The third-order valence-electron chi connectivity index (χ3n) is 10.7. The smallest absolute Gasteiger partial charge is 0.157 e. The molecule has 2 aliphatic heterocycles. The van der Waals surface area contributed by atoms with Crippen molar-refractivity contribution in [2.45, 2.75) is 115 Å². The molecular formula is C26H42O3. The van der Waals surface area contributed by atoms with Crippen LogP contribution in [0.3, 0.4) is 0 Å². The minimum Gasteiger partial charge on any atom is -0.373 e. The summed E-state index contributed by atoms with van der Waals surface area (Å²) in [6.45, 7) is 4.64. The maximum absolute atomic E-state index is 6.46. The van der Waals surface area contributed by atoms with Crippen molar-refractivity contribution in [1.29, 1.82) is 0 Å². The molecule has 0 aromatic rings. The number of hydrogen-bond acceptors (Lipinski definition) is 3. The Hall–Kier alpha value is -0.120. The third kappa shape index (κ3) is 3.42. The highest BCUT2D eigenvalue weighted by Crippen LogP contribution is 2.67. The van der Waals surface area contributed by atoms with Gasteiger partial charge in [-0.3, -0.25) is 0 Å². The molecule has 0 aromatic carbocycles. The maximum atomic E-state index is 6.46. The molecule has 6 fully saturated rings. The van der Waals surface area contributed by atoms with E-state index in [1.165, 1.54) is 83.5 Å². The molecule has 9 atom stereocenters. The molecule has 6 rings (SSSR count). The summed E-state index contributed by atoms with van der Waals surface area (Å²) in [4.78, 5) is 0. The monoisotopic (exact) mass is 402 g/mol. The molecule has 2 saturated heterocycles. The lowest BCUT2D eigenvalue weighted by atomic mass is 9.44. The molecule has 3 heteroatoms. The van der Waals surface area contributed by atoms with Crippen LogP contribution in [0.25, 0.3) is 0 Å². The van der Waals surface area contributed by atoms with Crippen molar-refractivity contribution in [3.63, 3.8) is 0 Å². The molecule has 0 N–H and O–H groups in total. The van der Waals surface area contributed by atoms with Gasteiger partial charge < -0.3 is 14.2 Å². The van der Waals surface area contributed by atoms with Gasteiger partial charge in [-0.25, -0.2) is 0 Å². The summed E-state index contributed by atoms with van der Waals surface area (Å²) in [7, 11) is 0. The second kappa shape index (κ2) is 7.48. The van der Waals surface area contributed by atoms with Gasteiger partial charge in [0, 0.05) is 6.61 Å². The molecule has 4 aliphatic carbocycles. The molecular weight excluding hydrogens is 360 g/mol. The lowest BCUT2D eigenvalue weighted by molar-refractivity contribution is -0.212. The first-order chi connectivity index (χ1) is 14.2. The minimum absolute atomic E-state index is 0.0906. The van der Waals surface area contributed by atoms with Gasteiger partial charge in [0.05, 0.1) is 18.8 Å². The van der Waals surface area contributed by atoms with Gasteiger partial charge in [0.2, 0.25) is 0 Å². The number of ether oxygens (including phenoxy) is 3. The van der Waals surface area contributed by atoms with Gasteiger partial charge in [-0.1, -0.05) is 13.3 Å². The first-order valence-corrected chi connectivity index (χ1v) is 13.0. The third-order valence-corrected chi connectivity index (χ3v) is 10.7. The van der Waals surface area contributed by atoms with Gasteiger partial charge in [0.15, 0.2) is 6.29 Å². The van der Waals surface area contributed by atoms with E-state index >= 15 is 0 Å². The van der Waals surface area contributed by atoms with Crippen molar-refractivity contribution in [3.05, 3.63) is 0 Å². The predicted molar refractivity (Wildman–Crippen MR) is 113 cm³/mol. The molecule has 0 amide bonds. The van der Waals surface area contributed by atoms with Crippen LogP contribution >= 0.6 is 0 Å². The highest BCUT2D eigenvalue weighted by atomic mass is 16.7. The number of rotatable bonds is 4. The molecule has 29 heavy (non-hydrogen) atoms. The fraction of sp³-hybridized carbons (Fsp3) is 1.00. The Morgan fingerprint density at radius 2 is 1.79 bits per heavy atom. The molecule has 0 spiro atoms. The Kier molecular flexibility index (Phi) is 5.05. The molecule has 3 nitrogen and oxygen atoms in total. The lowest BCUT2D eigenvalue weighted by Gasteiger charge is -2.61. The SMILES string of the molecule is C[C@]12CC[C@@H](OC3CCCCO3)C[C@@H]1CC[C@H]1[C@@H]3CCC[C@@]3(C[C@@H]3CO3)CC[C@@H]12. The number of fused-ring (bicyclic) bond motifs is 5. The predicted octanol–water partition coefficient (Wildman–Crippen LogP) is 6.10. The molecule has 0 aromatic heterocycles. The first kappa shape index (κ1) is 19.6. The molecule has 1 unspecified atom stereocenters. The van der Waals surface area contributed by atoms with Crippen molar-refractivity contribution in [1.82, 2.24) is 0 Å². The van der Waals surface area contributed by atoms with Crippen LogP contribution in [0.5, 0.6) is 0 Å². The van der Waals surface area contributed by atoms with E-state index in [2.05, 4.69) is 6.92 Å². The van der Waals surface area contributed by atoms with Gasteiger partial charge in [-0.2, -0.15) is 0 Å². The van der Waals surface area contributed by atoms with E-state index in [1.54, 1.807) is 0 Å².